The maximum absolute atomic E-state index is 11.8. The fourth-order valence-electron chi connectivity index (χ4n) is 1.64. The molecule has 0 saturated heterocycles. The summed E-state index contributed by atoms with van der Waals surface area (Å²) in [7, 11) is 5.28. The minimum Gasteiger partial charge on any atom is -0.496 e. The highest BCUT2D eigenvalue weighted by atomic mass is 79.9. The molecule has 0 aliphatic rings. The van der Waals surface area contributed by atoms with Gasteiger partial charge in [0.1, 0.15) is 5.75 Å². The van der Waals surface area contributed by atoms with Crippen molar-refractivity contribution < 1.29 is 9.53 Å². The van der Waals surface area contributed by atoms with Gasteiger partial charge < -0.3 is 15.0 Å². The standard InChI is InChI=1S/C13H19BrN2O2.ClH/c1-15-7-6-13(17)16(2)9-10-8-11(14)4-5-12(10)18-3;/h4-5,8,15H,6-7,9H2,1-3H3;1H. The zero-order valence-corrected chi connectivity index (χ0v) is 13.8. The number of carbonyl (C=O) groups is 1. The van der Waals surface area contributed by atoms with Crippen LogP contribution in [0.2, 0.25) is 0 Å². The number of benzene rings is 1. The maximum atomic E-state index is 11.8. The first-order chi connectivity index (χ1) is 8.58. The van der Waals surface area contributed by atoms with Crippen LogP contribution in [-0.4, -0.2) is 38.6 Å². The molecule has 0 aliphatic heterocycles. The third-order valence-corrected chi connectivity index (χ3v) is 3.16. The van der Waals surface area contributed by atoms with Crippen molar-refractivity contribution in [1.29, 1.82) is 0 Å². The van der Waals surface area contributed by atoms with Gasteiger partial charge in [-0.3, -0.25) is 4.79 Å². The average molecular weight is 352 g/mol. The fourth-order valence-corrected chi connectivity index (χ4v) is 2.05. The molecule has 0 bridgehead atoms. The molecular weight excluding hydrogens is 332 g/mol. The largest absolute Gasteiger partial charge is 0.496 e. The van der Waals surface area contributed by atoms with Crippen LogP contribution in [0.1, 0.15) is 12.0 Å². The number of carbonyl (C=O) groups excluding carboxylic acids is 1. The third kappa shape index (κ3) is 5.80. The molecule has 19 heavy (non-hydrogen) atoms. The molecular formula is C13H20BrClN2O2. The SMILES string of the molecule is CNCCC(=O)N(C)Cc1cc(Br)ccc1OC.Cl. The Balaban J connectivity index is 0.00000324. The van der Waals surface area contributed by atoms with Crippen molar-refractivity contribution in [3.63, 3.8) is 0 Å². The minimum absolute atomic E-state index is 0. The first-order valence-electron chi connectivity index (χ1n) is 5.79. The molecule has 0 heterocycles. The number of amides is 1. The highest BCUT2D eigenvalue weighted by molar-refractivity contribution is 9.10. The highest BCUT2D eigenvalue weighted by Crippen LogP contribution is 2.24. The van der Waals surface area contributed by atoms with E-state index in [1.165, 1.54) is 0 Å². The van der Waals surface area contributed by atoms with Crippen LogP contribution in [0.25, 0.3) is 0 Å². The summed E-state index contributed by atoms with van der Waals surface area (Å²) in [4.78, 5) is 13.5. The molecule has 0 aromatic heterocycles. The van der Waals surface area contributed by atoms with E-state index in [0.717, 1.165) is 15.8 Å². The lowest BCUT2D eigenvalue weighted by atomic mass is 10.2. The number of methoxy groups -OCH3 is 1. The van der Waals surface area contributed by atoms with Crippen molar-refractivity contribution in [2.24, 2.45) is 0 Å². The quantitative estimate of drug-likeness (QED) is 0.856. The molecule has 6 heteroatoms. The molecule has 1 aromatic carbocycles. The first-order valence-corrected chi connectivity index (χ1v) is 6.58. The van der Waals surface area contributed by atoms with Gasteiger partial charge >= 0.3 is 0 Å². The summed E-state index contributed by atoms with van der Waals surface area (Å²) in [5.41, 5.74) is 0.993. The second-order valence-electron chi connectivity index (χ2n) is 4.06. The second kappa shape index (κ2) is 9.18. The van der Waals surface area contributed by atoms with Gasteiger partial charge in [-0.25, -0.2) is 0 Å². The highest BCUT2D eigenvalue weighted by Gasteiger charge is 2.11. The molecule has 0 unspecified atom stereocenters. The molecule has 1 aromatic rings. The predicted molar refractivity (Wildman–Crippen MR) is 83.0 cm³/mol. The third-order valence-electron chi connectivity index (χ3n) is 2.66. The number of halogens is 2. The van der Waals surface area contributed by atoms with Crippen molar-refractivity contribution in [2.75, 3.05) is 27.7 Å². The topological polar surface area (TPSA) is 41.6 Å². The molecule has 0 aliphatic carbocycles. The van der Waals surface area contributed by atoms with E-state index in [1.807, 2.05) is 25.2 Å². The summed E-state index contributed by atoms with van der Waals surface area (Å²) < 4.78 is 6.27. The molecule has 0 spiro atoms. The van der Waals surface area contributed by atoms with Crippen LogP contribution in [-0.2, 0) is 11.3 Å². The first kappa shape index (κ1) is 18.2. The monoisotopic (exact) mass is 350 g/mol. The number of ether oxygens (including phenoxy) is 1. The van der Waals surface area contributed by atoms with Gasteiger partial charge in [-0.2, -0.15) is 0 Å². The second-order valence-corrected chi connectivity index (χ2v) is 4.98. The maximum Gasteiger partial charge on any atom is 0.223 e. The van der Waals surface area contributed by atoms with Crippen LogP contribution in [0.3, 0.4) is 0 Å². The predicted octanol–water partition coefficient (Wildman–Crippen LogP) is 2.45. The van der Waals surface area contributed by atoms with Gasteiger partial charge in [-0.1, -0.05) is 15.9 Å². The summed E-state index contributed by atoms with van der Waals surface area (Å²) in [6, 6.07) is 5.79. The van der Waals surface area contributed by atoms with E-state index in [0.29, 0.717) is 19.5 Å². The molecule has 4 nitrogen and oxygen atoms in total. The van der Waals surface area contributed by atoms with Crippen LogP contribution in [0.5, 0.6) is 5.75 Å². The summed E-state index contributed by atoms with van der Waals surface area (Å²) in [5, 5.41) is 2.97. The Morgan fingerprint density at radius 1 is 1.47 bits per heavy atom. The van der Waals surface area contributed by atoms with Crippen LogP contribution in [0.4, 0.5) is 0 Å². The van der Waals surface area contributed by atoms with E-state index in [2.05, 4.69) is 21.2 Å². The van der Waals surface area contributed by atoms with Gasteiger partial charge in [0, 0.05) is 36.6 Å². The van der Waals surface area contributed by atoms with E-state index in [-0.39, 0.29) is 18.3 Å². The smallest absolute Gasteiger partial charge is 0.223 e. The van der Waals surface area contributed by atoms with Crippen LogP contribution in [0, 0.1) is 0 Å². The molecule has 0 saturated carbocycles. The fraction of sp³-hybridized carbons (Fsp3) is 0.462. The molecule has 0 atom stereocenters. The summed E-state index contributed by atoms with van der Waals surface area (Å²) >= 11 is 3.43. The van der Waals surface area contributed by atoms with Crippen molar-refractivity contribution in [1.82, 2.24) is 10.2 Å². The Labute approximate surface area is 129 Å². The van der Waals surface area contributed by atoms with Crippen molar-refractivity contribution in [2.45, 2.75) is 13.0 Å². The number of nitrogens with zero attached hydrogens (tertiary/aromatic N) is 1. The minimum atomic E-state index is 0. The zero-order valence-electron chi connectivity index (χ0n) is 11.4. The molecule has 0 fully saturated rings. The number of rotatable bonds is 6. The Bertz CT molecular complexity index is 416. The van der Waals surface area contributed by atoms with Crippen molar-refractivity contribution in [3.05, 3.63) is 28.2 Å². The Morgan fingerprint density at radius 2 is 2.16 bits per heavy atom. The van der Waals surface area contributed by atoms with E-state index < -0.39 is 0 Å². The summed E-state index contributed by atoms with van der Waals surface area (Å²) in [6.45, 7) is 1.24. The summed E-state index contributed by atoms with van der Waals surface area (Å²) in [5.74, 6) is 0.915. The molecule has 1 amide bonds. The van der Waals surface area contributed by atoms with Gasteiger partial charge in [-0.05, 0) is 25.2 Å². The lowest BCUT2D eigenvalue weighted by Crippen LogP contribution is -2.28. The Hall–Kier alpha value is -0.780. The lowest BCUT2D eigenvalue weighted by Gasteiger charge is -2.19. The van der Waals surface area contributed by atoms with E-state index in [4.69, 9.17) is 4.74 Å². The number of nitrogens with one attached hydrogen (secondary N) is 1. The van der Waals surface area contributed by atoms with Gasteiger partial charge in [0.15, 0.2) is 0 Å². The summed E-state index contributed by atoms with van der Waals surface area (Å²) in [6.07, 6.45) is 0.503. The average Bonchev–Trinajstić information content (AvgIpc) is 2.36. The van der Waals surface area contributed by atoms with Crippen LogP contribution >= 0.6 is 28.3 Å². The normalized spacial score (nSPS) is 9.68. The number of hydrogen-bond donors (Lipinski definition) is 1. The molecule has 1 rings (SSSR count). The van der Waals surface area contributed by atoms with Crippen LogP contribution in [0.15, 0.2) is 22.7 Å². The van der Waals surface area contributed by atoms with Gasteiger partial charge in [0.25, 0.3) is 0 Å². The Kier molecular flexibility index (Phi) is 8.80. The van der Waals surface area contributed by atoms with Gasteiger partial charge in [0.2, 0.25) is 5.91 Å². The van der Waals surface area contributed by atoms with E-state index in [1.54, 1.807) is 19.1 Å². The molecule has 108 valence electrons. The van der Waals surface area contributed by atoms with Crippen LogP contribution < -0.4 is 10.1 Å². The zero-order chi connectivity index (χ0) is 13.5. The molecule has 0 radical (unpaired) electrons. The van der Waals surface area contributed by atoms with Gasteiger partial charge in [0.05, 0.1) is 7.11 Å². The van der Waals surface area contributed by atoms with Gasteiger partial charge in [-0.15, -0.1) is 12.4 Å². The van der Waals surface area contributed by atoms with Crippen molar-refractivity contribution in [3.8, 4) is 5.75 Å². The van der Waals surface area contributed by atoms with Crippen molar-refractivity contribution >= 4 is 34.2 Å². The molecule has 1 N–H and O–H groups in total. The number of hydrogen-bond acceptors (Lipinski definition) is 3. The lowest BCUT2D eigenvalue weighted by molar-refractivity contribution is -0.130. The van der Waals surface area contributed by atoms with E-state index in [9.17, 15) is 4.79 Å². The Morgan fingerprint density at radius 3 is 2.74 bits per heavy atom. The van der Waals surface area contributed by atoms with E-state index >= 15 is 0 Å².